The molecule has 22 heavy (non-hydrogen) atoms. The number of hydrogen-bond donors (Lipinski definition) is 1. The Morgan fingerprint density at radius 1 is 1.41 bits per heavy atom. The van der Waals surface area contributed by atoms with E-state index >= 15 is 0 Å². The highest BCUT2D eigenvalue weighted by molar-refractivity contribution is 5.99. The number of nitrogens with zero attached hydrogens (tertiary/aromatic N) is 1. The minimum atomic E-state index is -0.0834. The van der Waals surface area contributed by atoms with Crippen molar-refractivity contribution >= 4 is 5.71 Å². The van der Waals surface area contributed by atoms with Crippen LogP contribution in [0.15, 0.2) is 23.4 Å². The highest BCUT2D eigenvalue weighted by Crippen LogP contribution is 2.21. The van der Waals surface area contributed by atoms with Crippen molar-refractivity contribution in [2.75, 3.05) is 19.8 Å². The molecular weight excluding hydrogens is 282 g/mol. The van der Waals surface area contributed by atoms with Crippen molar-refractivity contribution in [2.24, 2.45) is 5.16 Å². The normalized spacial score (nSPS) is 19.2. The van der Waals surface area contributed by atoms with Crippen LogP contribution in [0.3, 0.4) is 0 Å². The van der Waals surface area contributed by atoms with Crippen LogP contribution in [0.25, 0.3) is 0 Å². The molecule has 5 heteroatoms. The first-order valence-electron chi connectivity index (χ1n) is 7.92. The second kappa shape index (κ2) is 8.76. The molecule has 122 valence electrons. The number of benzene rings is 1. The van der Waals surface area contributed by atoms with Crippen molar-refractivity contribution < 1.29 is 19.4 Å². The van der Waals surface area contributed by atoms with Crippen molar-refractivity contribution in [1.29, 1.82) is 0 Å². The van der Waals surface area contributed by atoms with Crippen molar-refractivity contribution in [3.8, 4) is 5.75 Å². The highest BCUT2D eigenvalue weighted by atomic mass is 16.7. The van der Waals surface area contributed by atoms with Crippen LogP contribution >= 0.6 is 0 Å². The van der Waals surface area contributed by atoms with Crippen molar-refractivity contribution in [3.63, 3.8) is 0 Å². The summed E-state index contributed by atoms with van der Waals surface area (Å²) in [6, 6.07) is 5.80. The zero-order chi connectivity index (χ0) is 15.8. The first-order chi connectivity index (χ1) is 10.7. The Morgan fingerprint density at radius 2 is 2.27 bits per heavy atom. The molecule has 0 aromatic heterocycles. The summed E-state index contributed by atoms with van der Waals surface area (Å²) in [5, 5.41) is 12.3. The molecule has 1 N–H and O–H groups in total. The van der Waals surface area contributed by atoms with E-state index in [0.29, 0.717) is 18.9 Å². The summed E-state index contributed by atoms with van der Waals surface area (Å²) in [6.07, 6.45) is 3.88. The van der Waals surface area contributed by atoms with Gasteiger partial charge in [-0.05, 0) is 63.3 Å². The maximum absolute atomic E-state index is 9.02. The Balaban J connectivity index is 2.00. The van der Waals surface area contributed by atoms with Gasteiger partial charge in [-0.3, -0.25) is 0 Å². The lowest BCUT2D eigenvalue weighted by atomic mass is 10.0. The maximum atomic E-state index is 9.02. The van der Waals surface area contributed by atoms with Gasteiger partial charge in [-0.2, -0.15) is 0 Å². The van der Waals surface area contributed by atoms with Crippen molar-refractivity contribution in [1.82, 2.24) is 0 Å². The molecule has 5 nitrogen and oxygen atoms in total. The fraction of sp³-hybridized carbons (Fsp3) is 0.588. The van der Waals surface area contributed by atoms with E-state index in [1.165, 1.54) is 0 Å². The van der Waals surface area contributed by atoms with E-state index in [2.05, 4.69) is 5.16 Å². The minimum absolute atomic E-state index is 0.0834. The Morgan fingerprint density at radius 3 is 2.95 bits per heavy atom. The largest absolute Gasteiger partial charge is 0.494 e. The van der Waals surface area contributed by atoms with Gasteiger partial charge in [-0.1, -0.05) is 5.16 Å². The van der Waals surface area contributed by atoms with Crippen LogP contribution < -0.4 is 4.74 Å². The second-order valence-corrected chi connectivity index (χ2v) is 5.35. The fourth-order valence-corrected chi connectivity index (χ4v) is 2.58. The van der Waals surface area contributed by atoms with Crippen LogP contribution in [-0.2, 0) is 15.9 Å². The van der Waals surface area contributed by atoms with Gasteiger partial charge in [0.1, 0.15) is 5.75 Å². The molecule has 1 unspecified atom stereocenters. The van der Waals surface area contributed by atoms with Gasteiger partial charge >= 0.3 is 0 Å². The molecule has 2 rings (SSSR count). The Labute approximate surface area is 131 Å². The van der Waals surface area contributed by atoms with Crippen LogP contribution in [0.1, 0.15) is 44.2 Å². The molecule has 1 aromatic rings. The van der Waals surface area contributed by atoms with Crippen LogP contribution in [0, 0.1) is 0 Å². The lowest BCUT2D eigenvalue weighted by Crippen LogP contribution is -2.23. The maximum Gasteiger partial charge on any atom is 0.157 e. The Kier molecular flexibility index (Phi) is 6.68. The summed E-state index contributed by atoms with van der Waals surface area (Å²) in [4.78, 5) is 0. The first kappa shape index (κ1) is 16.8. The molecule has 1 atom stereocenters. The van der Waals surface area contributed by atoms with E-state index in [1.807, 2.05) is 25.1 Å². The highest BCUT2D eigenvalue weighted by Gasteiger charge is 2.14. The van der Waals surface area contributed by atoms with E-state index in [9.17, 15) is 0 Å². The van der Waals surface area contributed by atoms with Gasteiger partial charge in [0.2, 0.25) is 0 Å². The minimum Gasteiger partial charge on any atom is -0.494 e. The molecule has 1 fully saturated rings. The molecule has 0 radical (unpaired) electrons. The summed E-state index contributed by atoms with van der Waals surface area (Å²) in [7, 11) is 0. The Bertz CT molecular complexity index is 495. The number of oxime groups is 1. The standard InChI is InChI=1S/C17H25NO4/c1-3-20-15-7-8-16(13(2)18-19)14(12-15)9-11-22-17-6-4-5-10-21-17/h7-8,12,17,19H,3-6,9-11H2,1-2H3. The number of ether oxygens (including phenoxy) is 3. The summed E-state index contributed by atoms with van der Waals surface area (Å²) in [5.74, 6) is 0.820. The zero-order valence-corrected chi connectivity index (χ0v) is 13.4. The van der Waals surface area contributed by atoms with Gasteiger partial charge in [0.15, 0.2) is 6.29 Å². The zero-order valence-electron chi connectivity index (χ0n) is 13.4. The van der Waals surface area contributed by atoms with Gasteiger partial charge in [-0.15, -0.1) is 0 Å². The molecule has 1 heterocycles. The lowest BCUT2D eigenvalue weighted by molar-refractivity contribution is -0.161. The first-order valence-corrected chi connectivity index (χ1v) is 7.92. The quantitative estimate of drug-likeness (QED) is 0.476. The van der Waals surface area contributed by atoms with Gasteiger partial charge in [0, 0.05) is 12.2 Å². The molecule has 0 saturated carbocycles. The lowest BCUT2D eigenvalue weighted by Gasteiger charge is -2.23. The predicted molar refractivity (Wildman–Crippen MR) is 84.9 cm³/mol. The Hall–Kier alpha value is -1.59. The number of hydrogen-bond acceptors (Lipinski definition) is 5. The monoisotopic (exact) mass is 307 g/mol. The average molecular weight is 307 g/mol. The third-order valence-electron chi connectivity index (χ3n) is 3.74. The van der Waals surface area contributed by atoms with E-state index in [4.69, 9.17) is 19.4 Å². The fourth-order valence-electron chi connectivity index (χ4n) is 2.58. The van der Waals surface area contributed by atoms with Crippen molar-refractivity contribution in [3.05, 3.63) is 29.3 Å². The smallest absolute Gasteiger partial charge is 0.157 e. The predicted octanol–water partition coefficient (Wildman–Crippen LogP) is 3.37. The van der Waals surface area contributed by atoms with Gasteiger partial charge in [0.25, 0.3) is 0 Å². The van der Waals surface area contributed by atoms with E-state index < -0.39 is 0 Å². The molecular formula is C17H25NO4. The molecule has 0 aliphatic carbocycles. The molecule has 1 aliphatic heterocycles. The molecule has 1 aliphatic rings. The molecule has 0 spiro atoms. The summed E-state index contributed by atoms with van der Waals surface area (Å²) >= 11 is 0. The van der Waals surface area contributed by atoms with Crippen LogP contribution in [0.5, 0.6) is 5.75 Å². The average Bonchev–Trinajstić information content (AvgIpc) is 2.56. The topological polar surface area (TPSA) is 60.3 Å². The molecule has 1 saturated heterocycles. The van der Waals surface area contributed by atoms with Gasteiger partial charge in [-0.25, -0.2) is 0 Å². The van der Waals surface area contributed by atoms with Crippen LogP contribution in [0.2, 0.25) is 0 Å². The summed E-state index contributed by atoms with van der Waals surface area (Å²) in [5.41, 5.74) is 2.56. The summed E-state index contributed by atoms with van der Waals surface area (Å²) in [6.45, 7) is 5.72. The molecule has 0 amide bonds. The van der Waals surface area contributed by atoms with Crippen LogP contribution in [-0.4, -0.2) is 37.0 Å². The molecule has 0 bridgehead atoms. The van der Waals surface area contributed by atoms with E-state index in [-0.39, 0.29) is 6.29 Å². The third-order valence-corrected chi connectivity index (χ3v) is 3.74. The van der Waals surface area contributed by atoms with Gasteiger partial charge in [0.05, 0.1) is 18.9 Å². The number of rotatable bonds is 7. The summed E-state index contributed by atoms with van der Waals surface area (Å²) < 4.78 is 16.9. The molecule has 1 aromatic carbocycles. The SMILES string of the molecule is CCOc1ccc(C(C)=NO)c(CCOC2CCCCO2)c1. The van der Waals surface area contributed by atoms with E-state index in [1.54, 1.807) is 6.92 Å². The van der Waals surface area contributed by atoms with Gasteiger partial charge < -0.3 is 19.4 Å². The van der Waals surface area contributed by atoms with Crippen LogP contribution in [0.4, 0.5) is 0 Å². The third kappa shape index (κ3) is 4.71. The van der Waals surface area contributed by atoms with E-state index in [0.717, 1.165) is 49.2 Å². The second-order valence-electron chi connectivity index (χ2n) is 5.35. The van der Waals surface area contributed by atoms with Crippen molar-refractivity contribution in [2.45, 2.75) is 45.8 Å².